The number of amides is 2. The van der Waals surface area contributed by atoms with Gasteiger partial charge in [0.2, 0.25) is 18.1 Å². The zero-order valence-electron chi connectivity index (χ0n) is 29.2. The van der Waals surface area contributed by atoms with Gasteiger partial charge in [-0.25, -0.2) is 4.79 Å². The number of carbonyl (C=O) groups excluding carboxylic acids is 2. The Labute approximate surface area is 310 Å². The minimum atomic E-state index is -2.88. The van der Waals surface area contributed by atoms with E-state index in [4.69, 9.17) is 28.4 Å². The number of nitro groups is 1. The van der Waals surface area contributed by atoms with Gasteiger partial charge in [0.25, 0.3) is 11.5 Å². The molecule has 0 aromatic heterocycles. The first-order valence-electron chi connectivity index (χ1n) is 16.8. The normalized spacial score (nSPS) is 37.6. The molecule has 3 aliphatic rings. The molecule has 0 radical (unpaired) electrons. The third-order valence-electron chi connectivity index (χ3n) is 9.15. The van der Waals surface area contributed by atoms with E-state index >= 15 is 0 Å². The topological polar surface area (TPSA) is 376 Å². The molecule has 16 atom stereocenters. The van der Waals surface area contributed by atoms with Crippen LogP contribution in [0, 0.1) is 10.1 Å². The van der Waals surface area contributed by atoms with Crippen LogP contribution >= 0.6 is 0 Å². The van der Waals surface area contributed by atoms with Crippen LogP contribution in [0.2, 0.25) is 0 Å². The lowest BCUT2D eigenvalue weighted by Crippen LogP contribution is -2.69. The maximum atomic E-state index is 12.6. The summed E-state index contributed by atoms with van der Waals surface area (Å²) in [6, 6.07) is 1.69. The number of hydrogen-bond donors (Lipinski definition) is 12. The van der Waals surface area contributed by atoms with Crippen molar-refractivity contribution >= 4 is 23.5 Å². The molecule has 0 aliphatic carbocycles. The molecule has 2 amide bonds. The molecule has 12 N–H and O–H groups in total. The van der Waals surface area contributed by atoms with Crippen LogP contribution in [0.4, 0.5) is 5.69 Å². The fourth-order valence-corrected chi connectivity index (χ4v) is 6.32. The highest BCUT2D eigenvalue weighted by Gasteiger charge is 2.57. The molecule has 0 unspecified atom stereocenters. The van der Waals surface area contributed by atoms with Crippen molar-refractivity contribution < 1.29 is 98.8 Å². The number of nitro benzene ring substituents is 1. The van der Waals surface area contributed by atoms with Crippen molar-refractivity contribution in [2.75, 3.05) is 19.8 Å². The summed E-state index contributed by atoms with van der Waals surface area (Å²) in [6.07, 6.45) is -25.2. The van der Waals surface area contributed by atoms with Crippen molar-refractivity contribution in [1.82, 2.24) is 10.6 Å². The summed E-state index contributed by atoms with van der Waals surface area (Å²) in [7, 11) is 0. The fourth-order valence-electron chi connectivity index (χ4n) is 6.32. The van der Waals surface area contributed by atoms with Gasteiger partial charge in [0, 0.05) is 32.4 Å². The largest absolute Gasteiger partial charge is 0.477 e. The van der Waals surface area contributed by atoms with E-state index in [0.29, 0.717) is 0 Å². The van der Waals surface area contributed by atoms with Crippen LogP contribution in [0.25, 0.3) is 0 Å². The molecular formula is C31H45N3O21. The summed E-state index contributed by atoms with van der Waals surface area (Å²) in [6.45, 7) is -0.786. The predicted octanol–water partition coefficient (Wildman–Crippen LogP) is -6.08. The summed E-state index contributed by atoms with van der Waals surface area (Å²) in [5.74, 6) is -6.20. The van der Waals surface area contributed by atoms with Gasteiger partial charge in [-0.15, -0.1) is 0 Å². The molecule has 0 saturated carbocycles. The van der Waals surface area contributed by atoms with Gasteiger partial charge >= 0.3 is 5.97 Å². The van der Waals surface area contributed by atoms with Gasteiger partial charge in [-0.1, -0.05) is 0 Å². The number of nitrogens with one attached hydrogen (secondary N) is 2. The molecule has 24 heteroatoms. The Morgan fingerprint density at radius 2 is 1.51 bits per heavy atom. The SMILES string of the molecule is CC(=O)N[C@@H]1[C@H](Oc2ccc([N+](=O)[O-])cc2)O[C@@H](CO)[C@@H](O[C@@H]2O[C@@H](CO[C@]3(C(=O)O)C[C@@H](O)[C@@H](NC(C)=O)[C@H]([C@H](O)[C@H](O)CO)O3)[C@H](O)[C@H](O)[C@@H]2O)[C@@H]1O. The minimum Gasteiger partial charge on any atom is -0.477 e. The van der Waals surface area contributed by atoms with Crippen molar-refractivity contribution in [2.24, 2.45) is 0 Å². The number of rotatable bonds is 15. The van der Waals surface area contributed by atoms with Crippen LogP contribution in [0.1, 0.15) is 20.3 Å². The molecule has 3 aliphatic heterocycles. The van der Waals surface area contributed by atoms with Gasteiger partial charge in [0.1, 0.15) is 72.8 Å². The average Bonchev–Trinajstić information content (AvgIpc) is 3.13. The quantitative estimate of drug-likeness (QED) is 0.0580. The number of carbonyl (C=O) groups is 3. The van der Waals surface area contributed by atoms with Gasteiger partial charge in [-0.2, -0.15) is 0 Å². The Balaban J connectivity index is 1.54. The standard InChI is InChI=1S/C31H45N3O21/c1-11(37)32-19-15(39)7-31(30(46)47,55-27(19)21(41)16(40)8-35)50-10-18-22(42)24(44)25(45)29(53-18)54-26-17(9-36)52-28(20(23(26)43)33-12(2)38)51-14-5-3-13(4-6-14)34(48)49/h3-6,15-29,35-36,39-45H,7-10H2,1-2H3,(H,32,37)(H,33,38)(H,46,47)/t15-,16-,17+,18+,19-,20+,21-,22+,23-,24+,25+,26-,27-,28-,29+,31-/m1/s1. The van der Waals surface area contributed by atoms with Crippen LogP contribution in [0.15, 0.2) is 24.3 Å². The molecule has 3 fully saturated rings. The van der Waals surface area contributed by atoms with E-state index in [1.54, 1.807) is 0 Å². The van der Waals surface area contributed by atoms with Gasteiger partial charge in [0.15, 0.2) is 6.29 Å². The summed E-state index contributed by atoms with van der Waals surface area (Å²) >= 11 is 0. The Morgan fingerprint density at radius 1 is 0.909 bits per heavy atom. The zero-order chi connectivity index (χ0) is 40.9. The first kappa shape index (κ1) is 44.0. The van der Waals surface area contributed by atoms with Crippen molar-refractivity contribution in [3.05, 3.63) is 34.4 Å². The Kier molecular flexibility index (Phi) is 14.8. The second kappa shape index (κ2) is 18.5. The summed E-state index contributed by atoms with van der Waals surface area (Å²) < 4.78 is 33.9. The first-order valence-corrected chi connectivity index (χ1v) is 16.8. The smallest absolute Gasteiger partial charge is 0.364 e. The van der Waals surface area contributed by atoms with E-state index in [-0.39, 0.29) is 11.4 Å². The van der Waals surface area contributed by atoms with Crippen LogP contribution in [-0.2, 0) is 38.1 Å². The summed E-state index contributed by atoms with van der Waals surface area (Å²) in [5.41, 5.74) is -0.266. The molecule has 3 heterocycles. The molecule has 3 saturated heterocycles. The molecular weight excluding hydrogens is 750 g/mol. The van der Waals surface area contributed by atoms with Crippen molar-refractivity contribution in [1.29, 1.82) is 0 Å². The lowest BCUT2D eigenvalue weighted by molar-refractivity contribution is -0.384. The fraction of sp³-hybridized carbons (Fsp3) is 0.710. The summed E-state index contributed by atoms with van der Waals surface area (Å²) in [5, 5.41) is 121. The lowest BCUT2D eigenvalue weighted by atomic mass is 9.88. The predicted molar refractivity (Wildman–Crippen MR) is 173 cm³/mol. The Hall–Kier alpha value is -3.73. The highest BCUT2D eigenvalue weighted by molar-refractivity contribution is 5.76. The number of ether oxygens (including phenoxy) is 6. The zero-order valence-corrected chi connectivity index (χ0v) is 29.2. The van der Waals surface area contributed by atoms with E-state index in [1.807, 2.05) is 0 Å². The number of carboxylic acids is 1. The number of carboxylic acid groups (broad SMARTS) is 1. The van der Waals surface area contributed by atoms with Crippen LogP contribution in [0.5, 0.6) is 5.75 Å². The maximum Gasteiger partial charge on any atom is 0.364 e. The van der Waals surface area contributed by atoms with Gasteiger partial charge in [-0.05, 0) is 12.1 Å². The number of non-ortho nitro benzene ring substituents is 1. The Bertz CT molecular complexity index is 1490. The third kappa shape index (κ3) is 9.99. The van der Waals surface area contributed by atoms with E-state index in [9.17, 15) is 75.6 Å². The molecule has 55 heavy (non-hydrogen) atoms. The number of hydrogen-bond acceptors (Lipinski definition) is 20. The van der Waals surface area contributed by atoms with Crippen LogP contribution in [-0.4, -0.2) is 191 Å². The molecule has 24 nitrogen and oxygen atoms in total. The van der Waals surface area contributed by atoms with E-state index < -0.39 is 147 Å². The minimum absolute atomic E-state index is 0.00448. The van der Waals surface area contributed by atoms with Crippen molar-refractivity contribution in [3.8, 4) is 5.75 Å². The highest BCUT2D eigenvalue weighted by atomic mass is 16.8. The molecule has 0 spiro atoms. The van der Waals surface area contributed by atoms with Gasteiger partial charge in [0.05, 0.1) is 36.9 Å². The average molecular weight is 796 g/mol. The summed E-state index contributed by atoms with van der Waals surface area (Å²) in [4.78, 5) is 46.8. The van der Waals surface area contributed by atoms with Gasteiger partial charge in [-0.3, -0.25) is 19.7 Å². The molecule has 310 valence electrons. The molecule has 4 rings (SSSR count). The van der Waals surface area contributed by atoms with Gasteiger partial charge < -0.3 is 90.1 Å². The third-order valence-corrected chi connectivity index (χ3v) is 9.15. The second-order valence-corrected chi connectivity index (χ2v) is 13.1. The molecule has 0 bridgehead atoms. The lowest BCUT2D eigenvalue weighted by Gasteiger charge is -2.48. The maximum absolute atomic E-state index is 12.6. The number of benzene rings is 1. The van der Waals surface area contributed by atoms with Crippen LogP contribution < -0.4 is 15.4 Å². The first-order chi connectivity index (χ1) is 25.8. The van der Waals surface area contributed by atoms with E-state index in [2.05, 4.69) is 10.6 Å². The monoisotopic (exact) mass is 795 g/mol. The number of aliphatic hydroxyl groups is 9. The number of aliphatic hydroxyl groups excluding tert-OH is 9. The molecule has 1 aromatic rings. The number of aliphatic carboxylic acids is 1. The Morgan fingerprint density at radius 3 is 2.05 bits per heavy atom. The van der Waals surface area contributed by atoms with E-state index in [1.165, 1.54) is 12.1 Å². The van der Waals surface area contributed by atoms with Crippen molar-refractivity contribution in [2.45, 2.75) is 118 Å². The highest BCUT2D eigenvalue weighted by Crippen LogP contribution is 2.36. The number of nitrogens with zero attached hydrogens (tertiary/aromatic N) is 1. The van der Waals surface area contributed by atoms with Crippen LogP contribution in [0.3, 0.4) is 0 Å². The molecule has 1 aromatic carbocycles. The van der Waals surface area contributed by atoms with Crippen molar-refractivity contribution in [3.63, 3.8) is 0 Å². The van der Waals surface area contributed by atoms with E-state index in [0.717, 1.165) is 26.0 Å². The second-order valence-electron chi connectivity index (χ2n) is 13.1.